The first-order valence-electron chi connectivity index (χ1n) is 8.63. The molecule has 150 valence electrons. The molecule has 3 unspecified atom stereocenters. The van der Waals surface area contributed by atoms with Gasteiger partial charge in [0.25, 0.3) is 5.91 Å². The van der Waals surface area contributed by atoms with Gasteiger partial charge in [-0.25, -0.2) is 4.79 Å². The zero-order valence-electron chi connectivity index (χ0n) is 15.1. The summed E-state index contributed by atoms with van der Waals surface area (Å²) in [5.74, 6) is -1.68. The maximum atomic E-state index is 12.2. The van der Waals surface area contributed by atoms with E-state index in [0.717, 1.165) is 5.56 Å². The smallest absolute Gasteiger partial charge is 0.339 e. The maximum absolute atomic E-state index is 12.2. The van der Waals surface area contributed by atoms with E-state index in [0.29, 0.717) is 6.42 Å². The van der Waals surface area contributed by atoms with Crippen molar-refractivity contribution in [2.24, 2.45) is 0 Å². The molecule has 7 atom stereocenters. The van der Waals surface area contributed by atoms with Crippen LogP contribution < -0.4 is 5.32 Å². The molecule has 1 aromatic rings. The molecule has 1 saturated heterocycles. The molecule has 1 aromatic carbocycles. The highest BCUT2D eigenvalue weighted by Crippen LogP contribution is 2.21. The summed E-state index contributed by atoms with van der Waals surface area (Å²) in [6.45, 7) is 3.15. The van der Waals surface area contributed by atoms with E-state index in [4.69, 9.17) is 9.47 Å². The third kappa shape index (κ3) is 5.47. The van der Waals surface area contributed by atoms with Crippen LogP contribution in [0.2, 0.25) is 0 Å². The second-order valence-electron chi connectivity index (χ2n) is 6.60. The summed E-state index contributed by atoms with van der Waals surface area (Å²) in [7, 11) is 0. The standard InChI is InChI=1S/C18H25NO8/c1-9(8-11-6-4-3-5-7-11)19-16(23)10(2)26-18(25)15-13(21)12(20)14(22)17(24)27-15/h3-7,9-10,12-15,17,20-22,24H,8H2,1-2H3,(H,19,23)/t9-,10+,12?,13-,14-,15?,17?/m0/s1. The Labute approximate surface area is 156 Å². The van der Waals surface area contributed by atoms with Gasteiger partial charge >= 0.3 is 5.97 Å². The number of esters is 1. The number of hydrogen-bond donors (Lipinski definition) is 5. The van der Waals surface area contributed by atoms with E-state index in [1.165, 1.54) is 6.92 Å². The molecular formula is C18H25NO8. The molecule has 1 fully saturated rings. The lowest BCUT2D eigenvalue weighted by Crippen LogP contribution is -2.60. The van der Waals surface area contributed by atoms with Crippen LogP contribution in [0.1, 0.15) is 19.4 Å². The molecule has 27 heavy (non-hydrogen) atoms. The molecule has 0 spiro atoms. The van der Waals surface area contributed by atoms with E-state index in [2.05, 4.69) is 5.32 Å². The second-order valence-corrected chi connectivity index (χ2v) is 6.60. The van der Waals surface area contributed by atoms with Crippen molar-refractivity contribution in [3.05, 3.63) is 35.9 Å². The van der Waals surface area contributed by atoms with Gasteiger partial charge in [-0.05, 0) is 25.8 Å². The minimum atomic E-state index is -1.86. The van der Waals surface area contributed by atoms with E-state index in [1.54, 1.807) is 0 Å². The number of rotatable bonds is 6. The quantitative estimate of drug-likeness (QED) is 0.372. The Morgan fingerprint density at radius 1 is 1.07 bits per heavy atom. The molecule has 9 heteroatoms. The number of carbonyl (C=O) groups excluding carboxylic acids is 2. The lowest BCUT2D eigenvalue weighted by molar-refractivity contribution is -0.281. The van der Waals surface area contributed by atoms with Crippen LogP contribution >= 0.6 is 0 Å². The third-order valence-electron chi connectivity index (χ3n) is 4.26. The molecule has 2 rings (SSSR count). The van der Waals surface area contributed by atoms with Crippen LogP contribution in [-0.4, -0.2) is 75.2 Å². The van der Waals surface area contributed by atoms with Gasteiger partial charge in [0.1, 0.15) is 18.3 Å². The Morgan fingerprint density at radius 3 is 2.33 bits per heavy atom. The Balaban J connectivity index is 1.87. The predicted molar refractivity (Wildman–Crippen MR) is 92.2 cm³/mol. The molecule has 0 bridgehead atoms. The van der Waals surface area contributed by atoms with Crippen molar-refractivity contribution in [3.63, 3.8) is 0 Å². The number of aliphatic hydroxyl groups is 4. The highest BCUT2D eigenvalue weighted by atomic mass is 16.7. The Morgan fingerprint density at radius 2 is 1.70 bits per heavy atom. The zero-order chi connectivity index (χ0) is 20.1. The van der Waals surface area contributed by atoms with E-state index < -0.39 is 48.7 Å². The predicted octanol–water partition coefficient (Wildman–Crippen LogP) is -1.53. The summed E-state index contributed by atoms with van der Waals surface area (Å²) >= 11 is 0. The Kier molecular flexibility index (Phi) is 7.28. The lowest BCUT2D eigenvalue weighted by atomic mass is 9.99. The lowest BCUT2D eigenvalue weighted by Gasteiger charge is -2.37. The number of amides is 1. The number of aliphatic hydroxyl groups excluding tert-OH is 4. The molecule has 1 amide bonds. The summed E-state index contributed by atoms with van der Waals surface area (Å²) in [6, 6.07) is 9.32. The van der Waals surface area contributed by atoms with Crippen molar-refractivity contribution in [2.75, 3.05) is 0 Å². The minimum absolute atomic E-state index is 0.212. The van der Waals surface area contributed by atoms with Crippen LogP contribution in [0.4, 0.5) is 0 Å². The van der Waals surface area contributed by atoms with Crippen molar-refractivity contribution < 1.29 is 39.5 Å². The number of ether oxygens (including phenoxy) is 2. The summed E-state index contributed by atoms with van der Waals surface area (Å²) in [5.41, 5.74) is 1.04. The molecular weight excluding hydrogens is 358 g/mol. The van der Waals surface area contributed by atoms with Crippen LogP contribution in [0.3, 0.4) is 0 Å². The molecule has 1 aliphatic heterocycles. The van der Waals surface area contributed by atoms with Crippen molar-refractivity contribution >= 4 is 11.9 Å². The van der Waals surface area contributed by atoms with Gasteiger partial charge in [-0.1, -0.05) is 30.3 Å². The first kappa shape index (κ1) is 21.3. The molecule has 1 heterocycles. The average Bonchev–Trinajstić information content (AvgIpc) is 2.63. The van der Waals surface area contributed by atoms with Crippen LogP contribution in [-0.2, 0) is 25.5 Å². The first-order valence-corrected chi connectivity index (χ1v) is 8.63. The van der Waals surface area contributed by atoms with Crippen LogP contribution in [0, 0.1) is 0 Å². The monoisotopic (exact) mass is 383 g/mol. The maximum Gasteiger partial charge on any atom is 0.339 e. The molecule has 5 N–H and O–H groups in total. The number of carbonyl (C=O) groups is 2. The van der Waals surface area contributed by atoms with E-state index in [9.17, 15) is 30.0 Å². The van der Waals surface area contributed by atoms with E-state index in [1.807, 2.05) is 37.3 Å². The summed E-state index contributed by atoms with van der Waals surface area (Å²) in [6.07, 6.45) is -9.54. The van der Waals surface area contributed by atoms with Gasteiger partial charge in [-0.15, -0.1) is 0 Å². The highest BCUT2D eigenvalue weighted by Gasteiger charge is 2.47. The Hall–Kier alpha value is -2.04. The molecule has 0 aliphatic carbocycles. The van der Waals surface area contributed by atoms with Gasteiger partial charge < -0.3 is 35.2 Å². The summed E-state index contributed by atoms with van der Waals surface area (Å²) in [5, 5.41) is 41.0. The zero-order valence-corrected chi connectivity index (χ0v) is 15.1. The Bertz CT molecular complexity index is 640. The number of nitrogens with one attached hydrogen (secondary N) is 1. The van der Waals surface area contributed by atoms with Gasteiger partial charge in [-0.2, -0.15) is 0 Å². The van der Waals surface area contributed by atoms with Crippen molar-refractivity contribution in [1.29, 1.82) is 0 Å². The molecule has 0 radical (unpaired) electrons. The van der Waals surface area contributed by atoms with Gasteiger partial charge in [0.05, 0.1) is 0 Å². The third-order valence-corrected chi connectivity index (χ3v) is 4.26. The minimum Gasteiger partial charge on any atom is -0.451 e. The van der Waals surface area contributed by atoms with Crippen molar-refractivity contribution in [1.82, 2.24) is 5.32 Å². The summed E-state index contributed by atoms with van der Waals surface area (Å²) < 4.78 is 9.74. The fraction of sp³-hybridized carbons (Fsp3) is 0.556. The molecule has 1 aliphatic rings. The number of hydrogen-bond acceptors (Lipinski definition) is 8. The SMILES string of the molecule is C[C@@H](Cc1ccccc1)NC(=O)[C@@H](C)OC(=O)C1OC(O)[C@@H](O)C(O)[C@@H]1O. The van der Waals surface area contributed by atoms with Gasteiger partial charge in [0, 0.05) is 6.04 Å². The largest absolute Gasteiger partial charge is 0.451 e. The summed E-state index contributed by atoms with van der Waals surface area (Å²) in [4.78, 5) is 24.3. The van der Waals surface area contributed by atoms with Crippen molar-refractivity contribution in [2.45, 2.75) is 63.1 Å². The highest BCUT2D eigenvalue weighted by molar-refractivity contribution is 5.85. The van der Waals surface area contributed by atoms with Crippen LogP contribution in [0.5, 0.6) is 0 Å². The average molecular weight is 383 g/mol. The van der Waals surface area contributed by atoms with Gasteiger partial charge in [-0.3, -0.25) is 4.79 Å². The topological polar surface area (TPSA) is 146 Å². The normalized spacial score (nSPS) is 30.2. The molecule has 0 aromatic heterocycles. The first-order chi connectivity index (χ1) is 12.7. The molecule has 9 nitrogen and oxygen atoms in total. The van der Waals surface area contributed by atoms with Crippen LogP contribution in [0.15, 0.2) is 30.3 Å². The second kappa shape index (κ2) is 9.25. The number of benzene rings is 1. The van der Waals surface area contributed by atoms with Crippen LogP contribution in [0.25, 0.3) is 0 Å². The fourth-order valence-electron chi connectivity index (χ4n) is 2.73. The molecule has 0 saturated carbocycles. The van der Waals surface area contributed by atoms with Gasteiger partial charge in [0.15, 0.2) is 18.5 Å². The fourth-order valence-corrected chi connectivity index (χ4v) is 2.73. The van der Waals surface area contributed by atoms with E-state index in [-0.39, 0.29) is 6.04 Å². The van der Waals surface area contributed by atoms with Crippen molar-refractivity contribution in [3.8, 4) is 0 Å². The van der Waals surface area contributed by atoms with Gasteiger partial charge in [0.2, 0.25) is 0 Å². The van der Waals surface area contributed by atoms with E-state index >= 15 is 0 Å².